The average molecular weight is 356 g/mol. The van der Waals surface area contributed by atoms with Crippen molar-refractivity contribution in [2.45, 2.75) is 6.61 Å². The molecule has 0 bridgehead atoms. The Balaban J connectivity index is 2.29. The maximum Gasteiger partial charge on any atom is 0.180 e. The second-order valence-corrected chi connectivity index (χ2v) is 5.24. The Hall–Kier alpha value is -1.50. The fourth-order valence-corrected chi connectivity index (χ4v) is 2.43. The summed E-state index contributed by atoms with van der Waals surface area (Å²) in [5.41, 5.74) is 6.66. The molecule has 0 spiro atoms. The fraction of sp³-hybridized carbons (Fsp3) is 0.0714. The average Bonchev–Trinajstić information content (AvgIpc) is 2.44. The molecule has 0 radical (unpaired) electrons. The van der Waals surface area contributed by atoms with E-state index in [-0.39, 0.29) is 21.8 Å². The molecule has 0 unspecified atom stereocenters. The molecule has 0 fully saturated rings. The largest absolute Gasteiger partial charge is 0.454 e. The third-order valence-corrected chi connectivity index (χ3v) is 3.64. The Kier molecular flexibility index (Phi) is 4.69. The van der Waals surface area contributed by atoms with Crippen LogP contribution in [0, 0.1) is 5.82 Å². The van der Waals surface area contributed by atoms with Crippen LogP contribution in [0.4, 0.5) is 4.39 Å². The van der Waals surface area contributed by atoms with Crippen molar-refractivity contribution < 1.29 is 14.2 Å². The van der Waals surface area contributed by atoms with Crippen molar-refractivity contribution in [2.75, 3.05) is 0 Å². The minimum Gasteiger partial charge on any atom is -0.454 e. The standard InChI is InChI=1S/C14H11BrFNO2S/c15-12-10(14(17)20)5-6-11(13(12)16)19-9-3-1-8(7-18)2-4-9/h1-6,18H,7H2,(H2,17,20). The van der Waals surface area contributed by atoms with Gasteiger partial charge in [-0.3, -0.25) is 0 Å². The van der Waals surface area contributed by atoms with E-state index in [0.29, 0.717) is 11.3 Å². The number of thiocarbonyl (C=S) groups is 1. The Morgan fingerprint density at radius 3 is 2.45 bits per heavy atom. The Morgan fingerprint density at radius 1 is 1.25 bits per heavy atom. The molecular weight excluding hydrogens is 345 g/mol. The van der Waals surface area contributed by atoms with E-state index in [1.165, 1.54) is 6.07 Å². The Labute approximate surface area is 129 Å². The molecule has 0 aliphatic rings. The van der Waals surface area contributed by atoms with E-state index in [4.69, 9.17) is 27.8 Å². The molecule has 2 rings (SSSR count). The molecule has 3 nitrogen and oxygen atoms in total. The van der Waals surface area contributed by atoms with Gasteiger partial charge in [-0.1, -0.05) is 24.4 Å². The van der Waals surface area contributed by atoms with Gasteiger partial charge in [-0.05, 0) is 45.8 Å². The lowest BCUT2D eigenvalue weighted by Crippen LogP contribution is -2.11. The van der Waals surface area contributed by atoms with Crippen molar-refractivity contribution in [1.82, 2.24) is 0 Å². The number of nitrogens with two attached hydrogens (primary N) is 1. The minimum atomic E-state index is -0.568. The van der Waals surface area contributed by atoms with Crippen LogP contribution in [0.15, 0.2) is 40.9 Å². The summed E-state index contributed by atoms with van der Waals surface area (Å²) < 4.78 is 19.8. The van der Waals surface area contributed by atoms with Crippen LogP contribution in [-0.4, -0.2) is 10.1 Å². The van der Waals surface area contributed by atoms with Gasteiger partial charge in [-0.15, -0.1) is 0 Å². The number of aliphatic hydroxyl groups is 1. The van der Waals surface area contributed by atoms with E-state index < -0.39 is 5.82 Å². The first kappa shape index (κ1) is 14.9. The highest BCUT2D eigenvalue weighted by Crippen LogP contribution is 2.31. The highest BCUT2D eigenvalue weighted by atomic mass is 79.9. The molecule has 2 aromatic rings. The molecule has 20 heavy (non-hydrogen) atoms. The van der Waals surface area contributed by atoms with Crippen LogP contribution < -0.4 is 10.5 Å². The van der Waals surface area contributed by atoms with Gasteiger partial charge in [-0.2, -0.15) is 0 Å². The topological polar surface area (TPSA) is 55.5 Å². The van der Waals surface area contributed by atoms with Crippen LogP contribution in [0.2, 0.25) is 0 Å². The number of ether oxygens (including phenoxy) is 1. The number of aliphatic hydroxyl groups excluding tert-OH is 1. The Morgan fingerprint density at radius 2 is 1.90 bits per heavy atom. The molecule has 0 aromatic heterocycles. The molecule has 0 atom stereocenters. The van der Waals surface area contributed by atoms with Crippen LogP contribution in [0.25, 0.3) is 0 Å². The fourth-order valence-electron chi connectivity index (χ4n) is 1.59. The van der Waals surface area contributed by atoms with Crippen molar-refractivity contribution >= 4 is 33.1 Å². The SMILES string of the molecule is NC(=S)c1ccc(Oc2ccc(CO)cc2)c(F)c1Br. The monoisotopic (exact) mass is 355 g/mol. The van der Waals surface area contributed by atoms with Gasteiger partial charge in [0.05, 0.1) is 11.1 Å². The second kappa shape index (κ2) is 6.30. The third kappa shape index (κ3) is 3.15. The number of rotatable bonds is 4. The summed E-state index contributed by atoms with van der Waals surface area (Å²) >= 11 is 7.94. The number of benzene rings is 2. The lowest BCUT2D eigenvalue weighted by molar-refractivity contribution is 0.281. The number of halogens is 2. The normalized spacial score (nSPS) is 10.3. The predicted molar refractivity (Wildman–Crippen MR) is 82.4 cm³/mol. The van der Waals surface area contributed by atoms with Crippen molar-refractivity contribution in [1.29, 1.82) is 0 Å². The lowest BCUT2D eigenvalue weighted by Gasteiger charge is -2.10. The van der Waals surface area contributed by atoms with Crippen LogP contribution in [0.3, 0.4) is 0 Å². The van der Waals surface area contributed by atoms with Crippen molar-refractivity contribution in [3.05, 3.63) is 57.8 Å². The molecule has 6 heteroatoms. The zero-order valence-corrected chi connectivity index (χ0v) is 12.7. The summed E-state index contributed by atoms with van der Waals surface area (Å²) in [6.45, 7) is -0.0527. The van der Waals surface area contributed by atoms with E-state index in [9.17, 15) is 4.39 Å². The molecule has 0 amide bonds. The summed E-state index contributed by atoms with van der Waals surface area (Å²) in [6.07, 6.45) is 0. The predicted octanol–water partition coefficient (Wildman–Crippen LogP) is 3.51. The second-order valence-electron chi connectivity index (χ2n) is 4.01. The first-order valence-corrected chi connectivity index (χ1v) is 6.88. The van der Waals surface area contributed by atoms with Crippen molar-refractivity contribution in [3.63, 3.8) is 0 Å². The molecule has 0 aliphatic carbocycles. The quantitative estimate of drug-likeness (QED) is 0.824. The summed E-state index contributed by atoms with van der Waals surface area (Å²) in [7, 11) is 0. The van der Waals surface area contributed by atoms with Gasteiger partial charge >= 0.3 is 0 Å². The van der Waals surface area contributed by atoms with Crippen LogP contribution in [0.1, 0.15) is 11.1 Å². The van der Waals surface area contributed by atoms with Gasteiger partial charge in [0, 0.05) is 5.56 Å². The third-order valence-electron chi connectivity index (χ3n) is 2.65. The van der Waals surface area contributed by atoms with Crippen LogP contribution in [-0.2, 0) is 6.61 Å². The molecule has 2 aromatic carbocycles. The highest BCUT2D eigenvalue weighted by molar-refractivity contribution is 9.10. The van der Waals surface area contributed by atoms with Crippen LogP contribution in [0.5, 0.6) is 11.5 Å². The van der Waals surface area contributed by atoms with Gasteiger partial charge in [0.25, 0.3) is 0 Å². The first-order chi connectivity index (χ1) is 9.52. The lowest BCUT2D eigenvalue weighted by atomic mass is 10.2. The maximum atomic E-state index is 14.1. The smallest absolute Gasteiger partial charge is 0.180 e. The zero-order chi connectivity index (χ0) is 14.7. The van der Waals surface area contributed by atoms with Gasteiger partial charge < -0.3 is 15.6 Å². The van der Waals surface area contributed by atoms with E-state index in [0.717, 1.165) is 5.56 Å². The van der Waals surface area contributed by atoms with E-state index >= 15 is 0 Å². The van der Waals surface area contributed by atoms with Gasteiger partial charge in [0.15, 0.2) is 11.6 Å². The minimum absolute atomic E-state index is 0.0527. The van der Waals surface area contributed by atoms with Crippen molar-refractivity contribution in [2.24, 2.45) is 5.73 Å². The van der Waals surface area contributed by atoms with E-state index in [2.05, 4.69) is 15.9 Å². The summed E-state index contributed by atoms with van der Waals surface area (Å²) in [5, 5.41) is 8.95. The van der Waals surface area contributed by atoms with E-state index in [1.807, 2.05) is 0 Å². The molecule has 0 heterocycles. The van der Waals surface area contributed by atoms with Gasteiger partial charge in [-0.25, -0.2) is 4.39 Å². The molecule has 104 valence electrons. The maximum absolute atomic E-state index is 14.1. The summed E-state index contributed by atoms with van der Waals surface area (Å²) in [4.78, 5) is 0.106. The van der Waals surface area contributed by atoms with Crippen LogP contribution >= 0.6 is 28.1 Å². The molecule has 0 saturated heterocycles. The summed E-state index contributed by atoms with van der Waals surface area (Å²) in [5.74, 6) is -0.0359. The van der Waals surface area contributed by atoms with Gasteiger partial charge in [0.2, 0.25) is 0 Å². The first-order valence-electron chi connectivity index (χ1n) is 5.68. The van der Waals surface area contributed by atoms with Crippen molar-refractivity contribution in [3.8, 4) is 11.5 Å². The molecular formula is C14H11BrFNO2S. The summed E-state index contributed by atoms with van der Waals surface area (Å²) in [6, 6.07) is 9.76. The van der Waals surface area contributed by atoms with Gasteiger partial charge in [0.1, 0.15) is 10.7 Å². The number of hydrogen-bond acceptors (Lipinski definition) is 3. The van der Waals surface area contributed by atoms with E-state index in [1.54, 1.807) is 30.3 Å². The molecule has 3 N–H and O–H groups in total. The molecule has 0 aliphatic heterocycles. The molecule has 0 saturated carbocycles. The Bertz CT molecular complexity index is 646. The highest BCUT2D eigenvalue weighted by Gasteiger charge is 2.14. The zero-order valence-electron chi connectivity index (χ0n) is 10.3. The number of hydrogen-bond donors (Lipinski definition) is 2.